The highest BCUT2D eigenvalue weighted by Crippen LogP contribution is 2.13. The van der Waals surface area contributed by atoms with Crippen molar-refractivity contribution in [3.05, 3.63) is 34.0 Å². The molecule has 1 amide bonds. The van der Waals surface area contributed by atoms with Gasteiger partial charge in [0.15, 0.2) is 0 Å². The Labute approximate surface area is 110 Å². The van der Waals surface area contributed by atoms with E-state index >= 15 is 0 Å². The molecule has 0 radical (unpaired) electrons. The van der Waals surface area contributed by atoms with Gasteiger partial charge in [-0.2, -0.15) is 5.10 Å². The Bertz CT molecular complexity index is 653. The molecule has 0 bridgehead atoms. The number of hydrogen-bond acceptors (Lipinski definition) is 6. The van der Waals surface area contributed by atoms with Crippen LogP contribution in [0.3, 0.4) is 0 Å². The second kappa shape index (κ2) is 4.46. The highest BCUT2D eigenvalue weighted by molar-refractivity contribution is 7.16. The minimum Gasteiger partial charge on any atom is -0.346 e. The summed E-state index contributed by atoms with van der Waals surface area (Å²) in [5.41, 5.74) is 1.38. The quantitative estimate of drug-likeness (QED) is 0.788. The number of amides is 1. The van der Waals surface area contributed by atoms with E-state index in [2.05, 4.69) is 19.8 Å². The van der Waals surface area contributed by atoms with E-state index in [4.69, 9.17) is 0 Å². The minimum atomic E-state index is -0.135. The Hall–Kier alpha value is -1.80. The fourth-order valence-corrected chi connectivity index (χ4v) is 2.78. The summed E-state index contributed by atoms with van der Waals surface area (Å²) >= 11 is 2.78. The van der Waals surface area contributed by atoms with E-state index in [1.54, 1.807) is 16.1 Å². The summed E-state index contributed by atoms with van der Waals surface area (Å²) in [6.45, 7) is 2.33. The average molecular weight is 279 g/mol. The van der Waals surface area contributed by atoms with Gasteiger partial charge in [0, 0.05) is 5.38 Å². The highest BCUT2D eigenvalue weighted by Gasteiger charge is 2.09. The average Bonchev–Trinajstić information content (AvgIpc) is 3.00. The van der Waals surface area contributed by atoms with E-state index in [1.807, 2.05) is 13.1 Å². The molecule has 0 unspecified atom stereocenters. The Balaban J connectivity index is 1.69. The van der Waals surface area contributed by atoms with Gasteiger partial charge in [-0.3, -0.25) is 4.79 Å². The van der Waals surface area contributed by atoms with Crippen molar-refractivity contribution < 1.29 is 4.79 Å². The molecule has 0 fully saturated rings. The third-order valence-corrected chi connectivity index (χ3v) is 3.74. The molecule has 8 heteroatoms. The van der Waals surface area contributed by atoms with Crippen molar-refractivity contribution in [2.45, 2.75) is 13.5 Å². The van der Waals surface area contributed by atoms with Gasteiger partial charge in [0.2, 0.25) is 4.96 Å². The van der Waals surface area contributed by atoms with Crippen molar-refractivity contribution in [1.29, 1.82) is 0 Å². The van der Waals surface area contributed by atoms with Gasteiger partial charge in [-0.15, -0.1) is 0 Å². The lowest BCUT2D eigenvalue weighted by Gasteiger charge is -1.99. The lowest BCUT2D eigenvalue weighted by molar-refractivity contribution is 0.0950. The van der Waals surface area contributed by atoms with Gasteiger partial charge in [0.25, 0.3) is 5.91 Å². The summed E-state index contributed by atoms with van der Waals surface area (Å²) in [4.78, 5) is 16.9. The van der Waals surface area contributed by atoms with Crippen LogP contribution in [0.15, 0.2) is 17.8 Å². The van der Waals surface area contributed by atoms with Gasteiger partial charge >= 0.3 is 0 Å². The molecule has 0 saturated heterocycles. The number of imidazole rings is 1. The summed E-state index contributed by atoms with van der Waals surface area (Å²) in [7, 11) is 0. The zero-order valence-corrected chi connectivity index (χ0v) is 11.1. The lowest BCUT2D eigenvalue weighted by Crippen LogP contribution is -2.22. The molecule has 3 aromatic heterocycles. The van der Waals surface area contributed by atoms with Crippen LogP contribution >= 0.6 is 22.9 Å². The summed E-state index contributed by atoms with van der Waals surface area (Å²) < 4.78 is 5.62. The van der Waals surface area contributed by atoms with Crippen molar-refractivity contribution in [1.82, 2.24) is 24.3 Å². The van der Waals surface area contributed by atoms with Crippen LogP contribution < -0.4 is 5.32 Å². The maximum absolute atomic E-state index is 11.7. The Kier molecular flexibility index (Phi) is 2.80. The first kappa shape index (κ1) is 11.3. The molecule has 92 valence electrons. The fourth-order valence-electron chi connectivity index (χ4n) is 1.52. The summed E-state index contributed by atoms with van der Waals surface area (Å²) in [5, 5.41) is 9.74. The second-order valence-electron chi connectivity index (χ2n) is 3.68. The molecule has 0 saturated carbocycles. The topological polar surface area (TPSA) is 72.2 Å². The SMILES string of the molecule is Cc1nn2cc(CNC(=O)c3cnsc3)nc2s1. The van der Waals surface area contributed by atoms with Crippen molar-refractivity contribution in [3.63, 3.8) is 0 Å². The first-order valence-electron chi connectivity index (χ1n) is 5.21. The molecule has 3 rings (SSSR count). The maximum Gasteiger partial charge on any atom is 0.254 e. The molecule has 1 N–H and O–H groups in total. The second-order valence-corrected chi connectivity index (χ2v) is 5.49. The van der Waals surface area contributed by atoms with Crippen molar-refractivity contribution in [2.75, 3.05) is 0 Å². The summed E-state index contributed by atoms with van der Waals surface area (Å²) in [5.74, 6) is -0.135. The Morgan fingerprint density at radius 3 is 3.17 bits per heavy atom. The largest absolute Gasteiger partial charge is 0.346 e. The molecule has 0 atom stereocenters. The predicted octanol–water partition coefficient (Wildman–Crippen LogP) is 1.49. The predicted molar refractivity (Wildman–Crippen MR) is 68.9 cm³/mol. The number of aromatic nitrogens is 4. The molecule has 6 nitrogen and oxygen atoms in total. The van der Waals surface area contributed by atoms with Gasteiger partial charge in [-0.1, -0.05) is 11.3 Å². The normalized spacial score (nSPS) is 10.9. The number of rotatable bonds is 3. The van der Waals surface area contributed by atoms with Crippen LogP contribution in [0.2, 0.25) is 0 Å². The molecule has 3 heterocycles. The third kappa shape index (κ3) is 2.12. The Morgan fingerprint density at radius 1 is 1.56 bits per heavy atom. The number of fused-ring (bicyclic) bond motifs is 1. The molecule has 3 aromatic rings. The first-order valence-corrected chi connectivity index (χ1v) is 6.87. The fraction of sp³-hybridized carbons (Fsp3) is 0.200. The zero-order chi connectivity index (χ0) is 12.5. The van der Waals surface area contributed by atoms with E-state index in [0.717, 1.165) is 15.7 Å². The van der Waals surface area contributed by atoms with Gasteiger partial charge in [0.1, 0.15) is 5.01 Å². The Morgan fingerprint density at radius 2 is 2.44 bits per heavy atom. The number of carbonyl (C=O) groups excluding carboxylic acids is 1. The van der Waals surface area contributed by atoms with E-state index in [0.29, 0.717) is 12.1 Å². The zero-order valence-electron chi connectivity index (χ0n) is 9.45. The van der Waals surface area contributed by atoms with Crippen LogP contribution in [-0.2, 0) is 6.54 Å². The maximum atomic E-state index is 11.7. The molecule has 18 heavy (non-hydrogen) atoms. The van der Waals surface area contributed by atoms with Crippen LogP contribution in [0.4, 0.5) is 0 Å². The smallest absolute Gasteiger partial charge is 0.254 e. The van der Waals surface area contributed by atoms with E-state index < -0.39 is 0 Å². The molecule has 0 aliphatic rings. The van der Waals surface area contributed by atoms with Crippen molar-refractivity contribution >= 4 is 33.7 Å². The molecular weight excluding hydrogens is 270 g/mol. The van der Waals surface area contributed by atoms with Crippen LogP contribution in [-0.4, -0.2) is 24.9 Å². The molecule has 0 aromatic carbocycles. The first-order chi connectivity index (χ1) is 8.72. The van der Waals surface area contributed by atoms with Crippen molar-refractivity contribution in [2.24, 2.45) is 0 Å². The number of nitrogens with zero attached hydrogens (tertiary/aromatic N) is 4. The van der Waals surface area contributed by atoms with Crippen LogP contribution in [0.25, 0.3) is 4.96 Å². The van der Waals surface area contributed by atoms with Gasteiger partial charge in [-0.25, -0.2) is 13.9 Å². The van der Waals surface area contributed by atoms with Gasteiger partial charge in [0.05, 0.1) is 30.2 Å². The number of nitrogens with one attached hydrogen (secondary N) is 1. The molecule has 0 aliphatic carbocycles. The standard InChI is InChI=1S/C10H9N5OS2/c1-6-14-15-4-8(13-10(15)18-6)3-11-9(16)7-2-12-17-5-7/h2,4-5H,3H2,1H3,(H,11,16). The van der Waals surface area contributed by atoms with Crippen molar-refractivity contribution in [3.8, 4) is 0 Å². The molecular formula is C10H9N5OS2. The van der Waals surface area contributed by atoms with E-state index in [1.165, 1.54) is 22.9 Å². The highest BCUT2D eigenvalue weighted by atomic mass is 32.1. The molecule has 0 spiro atoms. The van der Waals surface area contributed by atoms with Crippen LogP contribution in [0.5, 0.6) is 0 Å². The number of carbonyl (C=O) groups is 1. The van der Waals surface area contributed by atoms with Gasteiger partial charge in [-0.05, 0) is 18.5 Å². The van der Waals surface area contributed by atoms with E-state index in [-0.39, 0.29) is 5.91 Å². The third-order valence-electron chi connectivity index (χ3n) is 2.32. The minimum absolute atomic E-state index is 0.135. The summed E-state index contributed by atoms with van der Waals surface area (Å²) in [6, 6.07) is 0. The summed E-state index contributed by atoms with van der Waals surface area (Å²) in [6.07, 6.45) is 3.38. The lowest BCUT2D eigenvalue weighted by atomic mass is 10.3. The van der Waals surface area contributed by atoms with E-state index in [9.17, 15) is 4.79 Å². The van der Waals surface area contributed by atoms with Crippen LogP contribution in [0, 0.1) is 6.92 Å². The van der Waals surface area contributed by atoms with Crippen LogP contribution in [0.1, 0.15) is 21.1 Å². The number of hydrogen-bond donors (Lipinski definition) is 1. The monoisotopic (exact) mass is 279 g/mol. The van der Waals surface area contributed by atoms with Gasteiger partial charge < -0.3 is 5.32 Å². The number of aryl methyl sites for hydroxylation is 1. The molecule has 0 aliphatic heterocycles.